The van der Waals surface area contributed by atoms with Crippen LogP contribution in [0.4, 0.5) is 11.4 Å². The molecule has 3 nitrogen and oxygen atoms in total. The molecule has 0 bridgehead atoms. The number of hydrogen-bond donors (Lipinski definition) is 2. The highest BCUT2D eigenvalue weighted by molar-refractivity contribution is 9.10. The van der Waals surface area contributed by atoms with Gasteiger partial charge in [-0.05, 0) is 52.5 Å². The highest BCUT2D eigenvalue weighted by Gasteiger charge is 2.51. The Morgan fingerprint density at radius 2 is 1.85 bits per heavy atom. The van der Waals surface area contributed by atoms with Gasteiger partial charge in [-0.1, -0.05) is 30.3 Å². The fourth-order valence-electron chi connectivity index (χ4n) is 2.40. The van der Waals surface area contributed by atoms with Crippen molar-refractivity contribution >= 4 is 33.2 Å². The summed E-state index contributed by atoms with van der Waals surface area (Å²) in [5.74, 6) is 0.0502. The van der Waals surface area contributed by atoms with Gasteiger partial charge in [0.05, 0.1) is 11.1 Å². The molecule has 0 heterocycles. The van der Waals surface area contributed by atoms with Gasteiger partial charge < -0.3 is 11.1 Å². The van der Waals surface area contributed by atoms with Crippen LogP contribution in [0.5, 0.6) is 0 Å². The van der Waals surface area contributed by atoms with Gasteiger partial charge in [-0.15, -0.1) is 0 Å². The average molecular weight is 331 g/mol. The molecule has 102 valence electrons. The topological polar surface area (TPSA) is 55.1 Å². The van der Waals surface area contributed by atoms with Gasteiger partial charge in [-0.3, -0.25) is 4.79 Å². The minimum atomic E-state index is -0.359. The number of nitrogens with two attached hydrogens (primary N) is 1. The average Bonchev–Trinajstić information content (AvgIpc) is 3.24. The number of carbonyl (C=O) groups is 1. The lowest BCUT2D eigenvalue weighted by Crippen LogP contribution is -2.27. The van der Waals surface area contributed by atoms with E-state index in [2.05, 4.69) is 21.2 Å². The Kier molecular flexibility index (Phi) is 3.26. The molecule has 1 aliphatic rings. The Bertz CT molecular complexity index is 651. The molecule has 1 amide bonds. The van der Waals surface area contributed by atoms with Gasteiger partial charge in [0.15, 0.2) is 0 Å². The van der Waals surface area contributed by atoms with Crippen LogP contribution >= 0.6 is 15.9 Å². The summed E-state index contributed by atoms with van der Waals surface area (Å²) in [5.41, 5.74) is 7.85. The molecule has 3 rings (SSSR count). The van der Waals surface area contributed by atoms with E-state index < -0.39 is 0 Å². The summed E-state index contributed by atoms with van der Waals surface area (Å²) in [4.78, 5) is 12.6. The molecule has 0 unspecified atom stereocenters. The highest BCUT2D eigenvalue weighted by atomic mass is 79.9. The third kappa shape index (κ3) is 2.31. The first-order chi connectivity index (χ1) is 9.62. The second kappa shape index (κ2) is 4.94. The summed E-state index contributed by atoms with van der Waals surface area (Å²) in [6.45, 7) is 0. The molecule has 0 spiro atoms. The Morgan fingerprint density at radius 3 is 2.45 bits per heavy atom. The normalized spacial score (nSPS) is 15.7. The zero-order chi connectivity index (χ0) is 14.2. The Morgan fingerprint density at radius 1 is 1.15 bits per heavy atom. The van der Waals surface area contributed by atoms with E-state index in [1.807, 2.05) is 36.4 Å². The minimum Gasteiger partial charge on any atom is -0.399 e. The Labute approximate surface area is 126 Å². The van der Waals surface area contributed by atoms with E-state index in [-0.39, 0.29) is 11.3 Å². The van der Waals surface area contributed by atoms with Crippen molar-refractivity contribution in [2.75, 3.05) is 11.1 Å². The molecule has 0 aliphatic heterocycles. The Hall–Kier alpha value is -1.81. The molecule has 3 N–H and O–H groups in total. The predicted octanol–water partition coefficient (Wildman–Crippen LogP) is 3.70. The van der Waals surface area contributed by atoms with Crippen LogP contribution in [-0.4, -0.2) is 5.91 Å². The lowest BCUT2D eigenvalue weighted by molar-refractivity contribution is -0.118. The summed E-state index contributed by atoms with van der Waals surface area (Å²) >= 11 is 3.42. The molecule has 1 aliphatic carbocycles. The predicted molar refractivity (Wildman–Crippen MR) is 84.5 cm³/mol. The van der Waals surface area contributed by atoms with Crippen molar-refractivity contribution in [2.24, 2.45) is 0 Å². The van der Waals surface area contributed by atoms with Gasteiger partial charge in [0.2, 0.25) is 5.91 Å². The van der Waals surface area contributed by atoms with Gasteiger partial charge in [0.25, 0.3) is 0 Å². The number of hydrogen-bond acceptors (Lipinski definition) is 2. The van der Waals surface area contributed by atoms with Crippen LogP contribution in [-0.2, 0) is 10.2 Å². The number of benzene rings is 2. The van der Waals surface area contributed by atoms with Gasteiger partial charge in [0, 0.05) is 10.2 Å². The lowest BCUT2D eigenvalue weighted by Gasteiger charge is -2.16. The van der Waals surface area contributed by atoms with Crippen molar-refractivity contribution in [1.82, 2.24) is 0 Å². The summed E-state index contributed by atoms with van der Waals surface area (Å²) in [5, 5.41) is 3.00. The number of nitrogens with one attached hydrogen (secondary N) is 1. The van der Waals surface area contributed by atoms with Crippen molar-refractivity contribution in [3.63, 3.8) is 0 Å². The molecular formula is C16H15BrN2O. The number of nitrogen functional groups attached to an aromatic ring is 1. The van der Waals surface area contributed by atoms with Gasteiger partial charge in [0.1, 0.15) is 0 Å². The molecule has 0 aromatic heterocycles. The van der Waals surface area contributed by atoms with Crippen molar-refractivity contribution in [3.8, 4) is 0 Å². The van der Waals surface area contributed by atoms with E-state index in [0.717, 1.165) is 28.6 Å². The first kappa shape index (κ1) is 13.2. The fourth-order valence-corrected chi connectivity index (χ4v) is 2.90. The second-order valence-corrected chi connectivity index (χ2v) is 6.00. The molecule has 2 aromatic carbocycles. The van der Waals surface area contributed by atoms with Crippen molar-refractivity contribution in [1.29, 1.82) is 0 Å². The molecule has 1 saturated carbocycles. The zero-order valence-corrected chi connectivity index (χ0v) is 12.5. The molecule has 0 saturated heterocycles. The van der Waals surface area contributed by atoms with E-state index >= 15 is 0 Å². The summed E-state index contributed by atoms with van der Waals surface area (Å²) in [6.07, 6.45) is 1.80. The van der Waals surface area contributed by atoms with E-state index in [1.54, 1.807) is 12.1 Å². The van der Waals surface area contributed by atoms with Crippen molar-refractivity contribution in [2.45, 2.75) is 18.3 Å². The van der Waals surface area contributed by atoms with Gasteiger partial charge >= 0.3 is 0 Å². The zero-order valence-electron chi connectivity index (χ0n) is 10.9. The maximum absolute atomic E-state index is 12.6. The smallest absolute Gasteiger partial charge is 0.235 e. The van der Waals surface area contributed by atoms with Crippen molar-refractivity contribution < 1.29 is 4.79 Å². The van der Waals surface area contributed by atoms with Crippen LogP contribution in [0.15, 0.2) is 53.0 Å². The quantitative estimate of drug-likeness (QED) is 0.843. The Balaban J connectivity index is 1.83. The molecule has 1 fully saturated rings. The molecule has 0 radical (unpaired) electrons. The number of anilines is 2. The van der Waals surface area contributed by atoms with E-state index in [1.165, 1.54) is 0 Å². The highest BCUT2D eigenvalue weighted by Crippen LogP contribution is 2.49. The fraction of sp³-hybridized carbons (Fsp3) is 0.188. The van der Waals surface area contributed by atoms with Crippen LogP contribution in [0.25, 0.3) is 0 Å². The molecule has 20 heavy (non-hydrogen) atoms. The number of halogens is 1. The molecule has 4 heteroatoms. The van der Waals surface area contributed by atoms with E-state index in [4.69, 9.17) is 5.73 Å². The monoisotopic (exact) mass is 330 g/mol. The maximum atomic E-state index is 12.6. The minimum absolute atomic E-state index is 0.0502. The molecule has 0 atom stereocenters. The van der Waals surface area contributed by atoms with Crippen LogP contribution in [0.1, 0.15) is 18.4 Å². The first-order valence-corrected chi connectivity index (χ1v) is 7.33. The third-order valence-electron chi connectivity index (χ3n) is 3.75. The summed E-state index contributed by atoms with van der Waals surface area (Å²) < 4.78 is 0.801. The number of amides is 1. The largest absolute Gasteiger partial charge is 0.399 e. The maximum Gasteiger partial charge on any atom is 0.235 e. The first-order valence-electron chi connectivity index (χ1n) is 6.54. The van der Waals surface area contributed by atoms with Crippen LogP contribution in [0.2, 0.25) is 0 Å². The SMILES string of the molecule is Nc1ccc(NC(=O)C2(c3ccccc3)CC2)c(Br)c1. The van der Waals surface area contributed by atoms with E-state index in [0.29, 0.717) is 5.69 Å². The standard InChI is InChI=1S/C16H15BrN2O/c17-13-10-12(18)6-7-14(13)19-15(20)16(8-9-16)11-4-2-1-3-5-11/h1-7,10H,8-9,18H2,(H,19,20). The third-order valence-corrected chi connectivity index (χ3v) is 4.41. The molecule has 2 aromatic rings. The van der Waals surface area contributed by atoms with E-state index in [9.17, 15) is 4.79 Å². The van der Waals surface area contributed by atoms with Crippen LogP contribution < -0.4 is 11.1 Å². The second-order valence-electron chi connectivity index (χ2n) is 5.14. The van der Waals surface area contributed by atoms with Crippen LogP contribution in [0, 0.1) is 0 Å². The van der Waals surface area contributed by atoms with Crippen molar-refractivity contribution in [3.05, 3.63) is 58.6 Å². The van der Waals surface area contributed by atoms with Gasteiger partial charge in [-0.2, -0.15) is 0 Å². The number of rotatable bonds is 3. The number of carbonyl (C=O) groups excluding carboxylic acids is 1. The molecular weight excluding hydrogens is 316 g/mol. The summed E-state index contributed by atoms with van der Waals surface area (Å²) in [7, 11) is 0. The summed E-state index contributed by atoms with van der Waals surface area (Å²) in [6, 6.07) is 15.3. The van der Waals surface area contributed by atoms with Crippen LogP contribution in [0.3, 0.4) is 0 Å². The lowest BCUT2D eigenvalue weighted by atomic mass is 9.95. The van der Waals surface area contributed by atoms with Gasteiger partial charge in [-0.25, -0.2) is 0 Å².